The number of aromatic nitrogens is 4. The molecule has 2 radical (unpaired) electrons. The van der Waals surface area contributed by atoms with Gasteiger partial charge in [0, 0.05) is 8.80 Å². The van der Waals surface area contributed by atoms with Crippen molar-refractivity contribution >= 4 is 55.2 Å². The molecule has 0 aliphatic carbocycles. The van der Waals surface area contributed by atoms with Crippen LogP contribution in [-0.4, -0.2) is 18.8 Å². The molecule has 0 saturated heterocycles. The van der Waals surface area contributed by atoms with E-state index in [9.17, 15) is 0 Å². The summed E-state index contributed by atoms with van der Waals surface area (Å²) >= 11 is 0. The number of hydrogen-bond donors (Lipinski definition) is 0. The standard InChI is InChI=1S/C48H36N4.C3H9Si.Rh/c1-29-5-13-33(14-6-29)45-37-21-23-39(49-37)46(34-15-7-30(2)8-16-34)41-25-27-43(51-41)48(36-19-11-32(4)12-20-36)44-28-26-42(52-44)47(40-24-22-38(45)50-40)35-17-9-31(3)10-18-35;1-4(2)3;/h5-28H,1-4H3;1-3H3;/q-2;;+2. The van der Waals surface area contributed by atoms with Crippen molar-refractivity contribution in [3.8, 4) is 44.5 Å². The van der Waals surface area contributed by atoms with E-state index in [4.69, 9.17) is 19.9 Å². The van der Waals surface area contributed by atoms with E-state index < -0.39 is 0 Å². The molecule has 57 heavy (non-hydrogen) atoms. The zero-order valence-corrected chi connectivity index (χ0v) is 36.1. The van der Waals surface area contributed by atoms with E-state index in [2.05, 4.69) is 193 Å². The third-order valence-electron chi connectivity index (χ3n) is 9.97. The number of benzene rings is 4. The Bertz CT molecular complexity index is 2410. The summed E-state index contributed by atoms with van der Waals surface area (Å²) in [4.78, 5) is 21.5. The Morgan fingerprint density at radius 1 is 0.333 bits per heavy atom. The molecule has 6 heteroatoms. The van der Waals surface area contributed by atoms with Gasteiger partial charge in [0.2, 0.25) is 0 Å². The Hall–Kier alpha value is -5.68. The molecule has 0 N–H and O–H groups in total. The average Bonchev–Trinajstić information content (AvgIpc) is 4.02. The van der Waals surface area contributed by atoms with Gasteiger partial charge in [-0.2, -0.15) is 0 Å². The molecular weight excluding hydrogens is 800 g/mol. The maximum absolute atomic E-state index is 5.37. The molecule has 0 amide bonds. The normalized spacial score (nSPS) is 11.6. The first kappa shape index (κ1) is 39.6. The molecule has 3 aromatic heterocycles. The van der Waals surface area contributed by atoms with Crippen LogP contribution in [0.4, 0.5) is 0 Å². The minimum Gasteiger partial charge on any atom is -0.657 e. The minimum absolute atomic E-state index is 0. The van der Waals surface area contributed by atoms with Crippen molar-refractivity contribution in [2.24, 2.45) is 0 Å². The molecule has 0 fully saturated rings. The van der Waals surface area contributed by atoms with E-state index in [1.165, 1.54) is 22.3 Å². The van der Waals surface area contributed by atoms with Crippen LogP contribution in [0.2, 0.25) is 19.6 Å². The van der Waals surface area contributed by atoms with Crippen LogP contribution in [0, 0.1) is 27.7 Å². The second-order valence-electron chi connectivity index (χ2n) is 15.3. The number of rotatable bonds is 4. The van der Waals surface area contributed by atoms with Gasteiger partial charge in [0.25, 0.3) is 0 Å². The number of aryl methyl sites for hydroxylation is 4. The third kappa shape index (κ3) is 8.39. The summed E-state index contributed by atoms with van der Waals surface area (Å²) in [6, 6.07) is 43.0. The largest absolute Gasteiger partial charge is 2.00 e. The summed E-state index contributed by atoms with van der Waals surface area (Å²) in [7, 11) is 0.120. The van der Waals surface area contributed by atoms with Gasteiger partial charge >= 0.3 is 19.5 Å². The Balaban J connectivity index is 0.000000949. The molecule has 282 valence electrons. The first-order valence-electron chi connectivity index (χ1n) is 19.2. The van der Waals surface area contributed by atoms with Crippen LogP contribution >= 0.6 is 0 Å². The molecule has 2 aliphatic rings. The van der Waals surface area contributed by atoms with E-state index >= 15 is 0 Å². The predicted molar refractivity (Wildman–Crippen MR) is 241 cm³/mol. The van der Waals surface area contributed by atoms with Crippen molar-refractivity contribution < 1.29 is 19.5 Å². The smallest absolute Gasteiger partial charge is 0.657 e. The summed E-state index contributed by atoms with van der Waals surface area (Å²) in [6.45, 7) is 15.3. The van der Waals surface area contributed by atoms with Crippen molar-refractivity contribution in [3.05, 3.63) is 166 Å². The Labute approximate surface area is 350 Å². The van der Waals surface area contributed by atoms with Crippen LogP contribution in [0.5, 0.6) is 0 Å². The first-order chi connectivity index (χ1) is 27.1. The van der Waals surface area contributed by atoms with E-state index in [1.54, 1.807) is 0 Å². The van der Waals surface area contributed by atoms with Crippen molar-refractivity contribution in [3.63, 3.8) is 0 Å². The van der Waals surface area contributed by atoms with Gasteiger partial charge in [0.1, 0.15) is 0 Å². The van der Waals surface area contributed by atoms with Gasteiger partial charge in [-0.05, 0) is 96.5 Å². The van der Waals surface area contributed by atoms with Crippen LogP contribution < -0.4 is 9.97 Å². The van der Waals surface area contributed by atoms with Crippen LogP contribution in [0.3, 0.4) is 0 Å². The van der Waals surface area contributed by atoms with Gasteiger partial charge in [0.15, 0.2) is 0 Å². The molecule has 4 aromatic carbocycles. The minimum atomic E-state index is 0. The Kier molecular flexibility index (Phi) is 11.7. The molecule has 2 aliphatic heterocycles. The van der Waals surface area contributed by atoms with Crippen molar-refractivity contribution in [1.29, 1.82) is 0 Å². The van der Waals surface area contributed by atoms with Gasteiger partial charge < -0.3 is 9.97 Å². The molecule has 8 bridgehead atoms. The third-order valence-corrected chi connectivity index (χ3v) is 9.97. The predicted octanol–water partition coefficient (Wildman–Crippen LogP) is 13.2. The molecule has 0 saturated carbocycles. The fraction of sp³-hybridized carbons (Fsp3) is 0.137. The quantitative estimate of drug-likeness (QED) is 0.166. The van der Waals surface area contributed by atoms with Gasteiger partial charge in [-0.15, -0.1) is 22.1 Å². The zero-order valence-electron chi connectivity index (χ0n) is 33.5. The number of nitrogens with zero attached hydrogens (tertiary/aromatic N) is 4. The average molecular weight is 845 g/mol. The first-order valence-corrected chi connectivity index (χ1v) is 22.2. The topological polar surface area (TPSA) is 54.0 Å². The Morgan fingerprint density at radius 2 is 0.526 bits per heavy atom. The molecule has 7 aromatic rings. The van der Waals surface area contributed by atoms with Gasteiger partial charge in [-0.25, -0.2) is 9.97 Å². The molecule has 0 atom stereocenters. The van der Waals surface area contributed by atoms with Crippen LogP contribution in [0.1, 0.15) is 45.0 Å². The summed E-state index contributed by atoms with van der Waals surface area (Å²) in [5.74, 6) is 0. The second kappa shape index (κ2) is 16.8. The monoisotopic (exact) mass is 844 g/mol. The maximum atomic E-state index is 5.37. The Morgan fingerprint density at radius 3 is 0.719 bits per heavy atom. The molecule has 0 spiro atoms. The van der Waals surface area contributed by atoms with Crippen LogP contribution in [0.15, 0.2) is 121 Å². The summed E-state index contributed by atoms with van der Waals surface area (Å²) in [5.41, 5.74) is 19.9. The maximum Gasteiger partial charge on any atom is 2.00 e. The zero-order chi connectivity index (χ0) is 38.9. The van der Waals surface area contributed by atoms with E-state index in [0.717, 1.165) is 89.4 Å². The van der Waals surface area contributed by atoms with Crippen LogP contribution in [-0.2, 0) is 19.5 Å². The fourth-order valence-corrected chi connectivity index (χ4v) is 7.15. The molecule has 9 rings (SSSR count). The summed E-state index contributed by atoms with van der Waals surface area (Å²) < 4.78 is 0. The van der Waals surface area contributed by atoms with E-state index in [1.807, 2.05) is 0 Å². The van der Waals surface area contributed by atoms with E-state index in [-0.39, 0.29) is 28.3 Å². The molecule has 5 heterocycles. The molecule has 0 unspecified atom stereocenters. The molecule has 4 nitrogen and oxygen atoms in total. The van der Waals surface area contributed by atoms with E-state index in [0.29, 0.717) is 0 Å². The van der Waals surface area contributed by atoms with Gasteiger partial charge in [0.05, 0.1) is 22.8 Å². The van der Waals surface area contributed by atoms with Crippen molar-refractivity contribution in [2.45, 2.75) is 47.3 Å². The SMILES string of the molecule is C[Si](C)C.Cc1ccc(-c2c3nc(c(-c4ccc(C)cc4)c4ccc([n-]4)c(-c4ccc(C)cc4)c4nc(c(-c5ccc(C)cc5)c5ccc2[n-]5)C=C4)C=C3)cc1.[Rh+2]. The van der Waals surface area contributed by atoms with Gasteiger partial charge in [-0.1, -0.05) is 163 Å². The van der Waals surface area contributed by atoms with Gasteiger partial charge in [-0.3, -0.25) is 0 Å². The number of fused-ring (bicyclic) bond motifs is 8. The van der Waals surface area contributed by atoms with Crippen molar-refractivity contribution in [2.75, 3.05) is 0 Å². The molecular formula is C51H45N4RhSi. The summed E-state index contributed by atoms with van der Waals surface area (Å²) in [6.07, 6.45) is 8.48. The van der Waals surface area contributed by atoms with Crippen molar-refractivity contribution in [1.82, 2.24) is 19.9 Å². The summed E-state index contributed by atoms with van der Waals surface area (Å²) in [5, 5.41) is 0. The fourth-order valence-electron chi connectivity index (χ4n) is 7.15. The second-order valence-corrected chi connectivity index (χ2v) is 18.3. The number of hydrogen-bond acceptors (Lipinski definition) is 2. The van der Waals surface area contributed by atoms with Crippen LogP contribution in [0.25, 0.3) is 90.9 Å².